The standard InChI is InChI=1S/C15H17Cl2NS/c1-4-18-14(13-7-10(3)15(17)19-13)12-8-11(16)6-5-9(12)2/h5-8,14,18H,4H2,1-3H3. The molecule has 19 heavy (non-hydrogen) atoms. The highest BCUT2D eigenvalue weighted by Crippen LogP contribution is 2.35. The lowest BCUT2D eigenvalue weighted by atomic mass is 9.99. The first-order valence-corrected chi connectivity index (χ1v) is 7.85. The van der Waals surface area contributed by atoms with Gasteiger partial charge in [0, 0.05) is 9.90 Å². The van der Waals surface area contributed by atoms with Crippen molar-refractivity contribution >= 4 is 34.5 Å². The number of rotatable bonds is 4. The second-order valence-electron chi connectivity index (χ2n) is 4.60. The maximum Gasteiger partial charge on any atom is 0.0961 e. The lowest BCUT2D eigenvalue weighted by Gasteiger charge is -2.19. The van der Waals surface area contributed by atoms with Crippen LogP contribution in [0.15, 0.2) is 24.3 Å². The van der Waals surface area contributed by atoms with Gasteiger partial charge in [-0.25, -0.2) is 0 Å². The van der Waals surface area contributed by atoms with E-state index in [2.05, 4.69) is 31.3 Å². The molecule has 0 bridgehead atoms. The molecule has 1 heterocycles. The SMILES string of the molecule is CCNC(c1cc(C)c(Cl)s1)c1cc(Cl)ccc1C. The molecule has 0 aliphatic carbocycles. The van der Waals surface area contributed by atoms with Crippen molar-refractivity contribution in [2.45, 2.75) is 26.8 Å². The molecule has 102 valence electrons. The van der Waals surface area contributed by atoms with Crippen LogP contribution in [0.4, 0.5) is 0 Å². The van der Waals surface area contributed by atoms with Gasteiger partial charge in [0.05, 0.1) is 10.4 Å². The predicted molar refractivity (Wildman–Crippen MR) is 85.8 cm³/mol. The van der Waals surface area contributed by atoms with E-state index in [-0.39, 0.29) is 6.04 Å². The van der Waals surface area contributed by atoms with Crippen LogP contribution in [0.5, 0.6) is 0 Å². The normalized spacial score (nSPS) is 12.7. The van der Waals surface area contributed by atoms with Crippen molar-refractivity contribution in [3.8, 4) is 0 Å². The molecule has 2 aromatic rings. The Balaban J connectivity index is 2.47. The van der Waals surface area contributed by atoms with Crippen LogP contribution in [0, 0.1) is 13.8 Å². The minimum atomic E-state index is 0.153. The van der Waals surface area contributed by atoms with Crippen LogP contribution in [0.2, 0.25) is 9.36 Å². The van der Waals surface area contributed by atoms with Gasteiger partial charge in [-0.05, 0) is 55.3 Å². The summed E-state index contributed by atoms with van der Waals surface area (Å²) in [5.41, 5.74) is 3.58. The average molecular weight is 314 g/mol. The van der Waals surface area contributed by atoms with Gasteiger partial charge in [0.1, 0.15) is 0 Å². The van der Waals surface area contributed by atoms with E-state index >= 15 is 0 Å². The minimum absolute atomic E-state index is 0.153. The van der Waals surface area contributed by atoms with Crippen molar-refractivity contribution in [1.82, 2.24) is 5.32 Å². The van der Waals surface area contributed by atoms with Crippen LogP contribution in [-0.2, 0) is 0 Å². The quantitative estimate of drug-likeness (QED) is 0.800. The molecule has 0 aliphatic rings. The van der Waals surface area contributed by atoms with E-state index in [0.717, 1.165) is 21.5 Å². The first-order valence-electron chi connectivity index (χ1n) is 6.28. The number of halogens is 2. The zero-order valence-corrected chi connectivity index (χ0v) is 13.6. The number of hydrogen-bond donors (Lipinski definition) is 1. The van der Waals surface area contributed by atoms with Gasteiger partial charge in [0.2, 0.25) is 0 Å². The fourth-order valence-corrected chi connectivity index (χ4v) is 3.61. The van der Waals surface area contributed by atoms with E-state index in [1.54, 1.807) is 11.3 Å². The van der Waals surface area contributed by atoms with Gasteiger partial charge in [0.25, 0.3) is 0 Å². The summed E-state index contributed by atoms with van der Waals surface area (Å²) >= 11 is 14.0. The lowest BCUT2D eigenvalue weighted by Crippen LogP contribution is -2.21. The van der Waals surface area contributed by atoms with Gasteiger partial charge in [-0.15, -0.1) is 11.3 Å². The third kappa shape index (κ3) is 3.32. The fraction of sp³-hybridized carbons (Fsp3) is 0.333. The molecule has 0 saturated carbocycles. The van der Waals surface area contributed by atoms with E-state index < -0.39 is 0 Å². The van der Waals surface area contributed by atoms with Crippen LogP contribution in [0.25, 0.3) is 0 Å². The smallest absolute Gasteiger partial charge is 0.0961 e. The Labute approximate surface area is 128 Å². The van der Waals surface area contributed by atoms with Crippen molar-refractivity contribution in [3.63, 3.8) is 0 Å². The molecular formula is C15H17Cl2NS. The van der Waals surface area contributed by atoms with Gasteiger partial charge in [-0.2, -0.15) is 0 Å². The summed E-state index contributed by atoms with van der Waals surface area (Å²) in [4.78, 5) is 1.23. The molecule has 2 rings (SSSR count). The summed E-state index contributed by atoms with van der Waals surface area (Å²) in [5, 5.41) is 4.28. The predicted octanol–water partition coefficient (Wildman–Crippen LogP) is 5.37. The molecule has 4 heteroatoms. The molecule has 0 aliphatic heterocycles. The molecule has 1 aromatic carbocycles. The maximum atomic E-state index is 6.20. The Morgan fingerprint density at radius 1 is 1.16 bits per heavy atom. The number of aryl methyl sites for hydroxylation is 2. The van der Waals surface area contributed by atoms with Crippen LogP contribution in [-0.4, -0.2) is 6.54 Å². The summed E-state index contributed by atoms with van der Waals surface area (Å²) in [6, 6.07) is 8.33. The van der Waals surface area contributed by atoms with Crippen LogP contribution < -0.4 is 5.32 Å². The van der Waals surface area contributed by atoms with Gasteiger partial charge < -0.3 is 5.32 Å². The number of benzene rings is 1. The topological polar surface area (TPSA) is 12.0 Å². The monoisotopic (exact) mass is 313 g/mol. The fourth-order valence-electron chi connectivity index (χ4n) is 2.12. The average Bonchev–Trinajstić information content (AvgIpc) is 2.70. The van der Waals surface area contributed by atoms with Crippen molar-refractivity contribution in [1.29, 1.82) is 0 Å². The third-order valence-corrected chi connectivity index (χ3v) is 4.98. The maximum absolute atomic E-state index is 6.20. The Morgan fingerprint density at radius 3 is 2.47 bits per heavy atom. The Morgan fingerprint density at radius 2 is 1.89 bits per heavy atom. The van der Waals surface area contributed by atoms with Crippen LogP contribution in [0.3, 0.4) is 0 Å². The molecule has 0 fully saturated rings. The highest BCUT2D eigenvalue weighted by molar-refractivity contribution is 7.16. The summed E-state index contributed by atoms with van der Waals surface area (Å²) in [6.45, 7) is 7.15. The van der Waals surface area contributed by atoms with Gasteiger partial charge in [-0.3, -0.25) is 0 Å². The largest absolute Gasteiger partial charge is 0.306 e. The van der Waals surface area contributed by atoms with Crippen molar-refractivity contribution < 1.29 is 0 Å². The molecule has 0 amide bonds. The molecule has 1 unspecified atom stereocenters. The Hall–Kier alpha value is -0.540. The molecule has 0 spiro atoms. The molecule has 1 nitrogen and oxygen atoms in total. The molecule has 1 atom stereocenters. The lowest BCUT2D eigenvalue weighted by molar-refractivity contribution is 0.636. The summed E-state index contributed by atoms with van der Waals surface area (Å²) < 4.78 is 0.859. The highest BCUT2D eigenvalue weighted by atomic mass is 35.5. The third-order valence-electron chi connectivity index (χ3n) is 3.12. The zero-order chi connectivity index (χ0) is 14.0. The minimum Gasteiger partial charge on any atom is -0.306 e. The van der Waals surface area contributed by atoms with E-state index in [1.807, 2.05) is 19.1 Å². The molecule has 0 saturated heterocycles. The van der Waals surface area contributed by atoms with E-state index in [0.29, 0.717) is 0 Å². The first-order chi connectivity index (χ1) is 9.02. The molecule has 1 aromatic heterocycles. The van der Waals surface area contributed by atoms with Crippen LogP contribution in [0.1, 0.15) is 34.5 Å². The second kappa shape index (κ2) is 6.27. The summed E-state index contributed by atoms with van der Waals surface area (Å²) in [6.07, 6.45) is 0. The summed E-state index contributed by atoms with van der Waals surface area (Å²) in [5.74, 6) is 0. The highest BCUT2D eigenvalue weighted by Gasteiger charge is 2.18. The number of thiophene rings is 1. The van der Waals surface area contributed by atoms with Crippen molar-refractivity contribution in [2.24, 2.45) is 0 Å². The Bertz CT molecular complexity index is 558. The van der Waals surface area contributed by atoms with E-state index in [9.17, 15) is 0 Å². The van der Waals surface area contributed by atoms with Crippen molar-refractivity contribution in [2.75, 3.05) is 6.54 Å². The zero-order valence-electron chi connectivity index (χ0n) is 11.3. The van der Waals surface area contributed by atoms with Gasteiger partial charge in [0.15, 0.2) is 0 Å². The second-order valence-corrected chi connectivity index (χ2v) is 6.72. The van der Waals surface area contributed by atoms with Crippen LogP contribution >= 0.6 is 34.5 Å². The molecular weight excluding hydrogens is 297 g/mol. The van der Waals surface area contributed by atoms with Crippen molar-refractivity contribution in [3.05, 3.63) is 55.2 Å². The first kappa shape index (κ1) is 14.9. The van der Waals surface area contributed by atoms with Gasteiger partial charge in [-0.1, -0.05) is 36.2 Å². The summed E-state index contributed by atoms with van der Waals surface area (Å²) in [7, 11) is 0. The molecule has 1 N–H and O–H groups in total. The van der Waals surface area contributed by atoms with Gasteiger partial charge >= 0.3 is 0 Å². The van der Waals surface area contributed by atoms with E-state index in [4.69, 9.17) is 23.2 Å². The number of nitrogens with one attached hydrogen (secondary N) is 1. The van der Waals surface area contributed by atoms with E-state index in [1.165, 1.54) is 16.0 Å². The number of hydrogen-bond acceptors (Lipinski definition) is 2. The molecule has 0 radical (unpaired) electrons. The Kier molecular flexibility index (Phi) is 4.91.